The minimum absolute atomic E-state index is 0.0818. The molecule has 0 bridgehead atoms. The molecule has 1 aliphatic rings. The third-order valence-electron chi connectivity index (χ3n) is 6.66. The number of methoxy groups -OCH3 is 1. The Labute approximate surface area is 222 Å². The number of aliphatic hydroxyl groups excluding tert-OH is 1. The summed E-state index contributed by atoms with van der Waals surface area (Å²) in [7, 11) is 1.48. The number of anilines is 1. The number of aliphatic hydroxyl groups is 2. The molecule has 9 heteroatoms. The predicted octanol–water partition coefficient (Wildman–Crippen LogP) is 3.55. The van der Waals surface area contributed by atoms with Gasteiger partial charge in [-0.3, -0.25) is 4.79 Å². The second-order valence-electron chi connectivity index (χ2n) is 9.47. The van der Waals surface area contributed by atoms with Crippen LogP contribution >= 0.6 is 0 Å². The van der Waals surface area contributed by atoms with Crippen molar-refractivity contribution in [1.29, 1.82) is 0 Å². The molecule has 0 saturated carbocycles. The van der Waals surface area contributed by atoms with E-state index in [1.807, 2.05) is 12.1 Å². The summed E-state index contributed by atoms with van der Waals surface area (Å²) in [6.07, 6.45) is 0.232. The maximum atomic E-state index is 13.5. The Hall–Kier alpha value is -3.53. The maximum Gasteiger partial charge on any atom is 0.163 e. The third kappa shape index (κ3) is 6.66. The van der Waals surface area contributed by atoms with Crippen LogP contribution in [0.3, 0.4) is 0 Å². The van der Waals surface area contributed by atoms with Crippen molar-refractivity contribution in [3.05, 3.63) is 71.7 Å². The quantitative estimate of drug-likeness (QED) is 0.328. The number of benzene rings is 2. The van der Waals surface area contributed by atoms with Gasteiger partial charge in [-0.1, -0.05) is 0 Å². The Balaban J connectivity index is 1.57. The molecule has 8 nitrogen and oxygen atoms in total. The molecule has 1 saturated heterocycles. The van der Waals surface area contributed by atoms with Crippen LogP contribution in [0.1, 0.15) is 35.8 Å². The average molecular weight is 524 g/mol. The molecule has 2 heterocycles. The fraction of sp³-hybridized carbons (Fsp3) is 0.379. The zero-order valence-electron chi connectivity index (χ0n) is 21.7. The number of pyridine rings is 1. The maximum absolute atomic E-state index is 13.5. The van der Waals surface area contributed by atoms with Crippen molar-refractivity contribution in [3.8, 4) is 22.8 Å². The van der Waals surface area contributed by atoms with Gasteiger partial charge < -0.3 is 29.9 Å². The summed E-state index contributed by atoms with van der Waals surface area (Å²) < 4.78 is 24.3. The van der Waals surface area contributed by atoms with E-state index in [4.69, 9.17) is 19.6 Å². The lowest BCUT2D eigenvalue weighted by Crippen LogP contribution is -2.43. The average Bonchev–Trinajstić information content (AvgIpc) is 2.95. The van der Waals surface area contributed by atoms with Crippen molar-refractivity contribution in [2.24, 2.45) is 0 Å². The number of nitrogens with one attached hydrogen (secondary N) is 1. The van der Waals surface area contributed by atoms with Gasteiger partial charge in [0.2, 0.25) is 0 Å². The minimum atomic E-state index is -1.39. The monoisotopic (exact) mass is 523 g/mol. The van der Waals surface area contributed by atoms with E-state index in [0.717, 1.165) is 37.4 Å². The normalized spacial score (nSPS) is 15.1. The molecule has 1 aromatic heterocycles. The minimum Gasteiger partial charge on any atom is -0.493 e. The highest BCUT2D eigenvalue weighted by atomic mass is 19.1. The number of halogens is 1. The number of rotatable bonds is 11. The third-order valence-corrected chi connectivity index (χ3v) is 6.66. The fourth-order valence-electron chi connectivity index (χ4n) is 4.41. The number of ether oxygens (including phenoxy) is 2. The summed E-state index contributed by atoms with van der Waals surface area (Å²) in [4.78, 5) is 20.0. The molecule has 202 valence electrons. The number of piperazine rings is 1. The number of aromatic nitrogens is 1. The lowest BCUT2D eigenvalue weighted by atomic mass is 9.91. The van der Waals surface area contributed by atoms with Crippen molar-refractivity contribution in [2.75, 3.05) is 51.4 Å². The van der Waals surface area contributed by atoms with Gasteiger partial charge in [-0.25, -0.2) is 9.37 Å². The van der Waals surface area contributed by atoms with Crippen molar-refractivity contribution >= 4 is 11.5 Å². The number of hydrogen-bond acceptors (Lipinski definition) is 8. The van der Waals surface area contributed by atoms with Crippen molar-refractivity contribution < 1.29 is 28.9 Å². The number of ketones is 1. The van der Waals surface area contributed by atoms with Crippen LogP contribution in [0.25, 0.3) is 11.3 Å². The smallest absolute Gasteiger partial charge is 0.163 e. The van der Waals surface area contributed by atoms with E-state index in [1.165, 1.54) is 19.2 Å². The summed E-state index contributed by atoms with van der Waals surface area (Å²) in [5.74, 6) is 0.342. The van der Waals surface area contributed by atoms with E-state index in [2.05, 4.69) is 10.2 Å². The number of hydrogen-bond donors (Lipinski definition) is 3. The molecule has 2 aromatic carbocycles. The van der Waals surface area contributed by atoms with Crippen LogP contribution in [0.5, 0.6) is 11.5 Å². The van der Waals surface area contributed by atoms with Gasteiger partial charge in [-0.2, -0.15) is 0 Å². The van der Waals surface area contributed by atoms with Crippen LogP contribution in [0.2, 0.25) is 0 Å². The van der Waals surface area contributed by atoms with Gasteiger partial charge in [0.15, 0.2) is 17.3 Å². The first-order valence-corrected chi connectivity index (χ1v) is 12.7. The molecule has 0 spiro atoms. The highest BCUT2D eigenvalue weighted by molar-refractivity contribution is 5.96. The van der Waals surface area contributed by atoms with Gasteiger partial charge in [0, 0.05) is 49.4 Å². The Morgan fingerprint density at radius 3 is 2.53 bits per heavy atom. The largest absolute Gasteiger partial charge is 0.493 e. The molecule has 0 amide bonds. The van der Waals surface area contributed by atoms with Crippen LogP contribution < -0.4 is 19.7 Å². The zero-order valence-corrected chi connectivity index (χ0v) is 21.7. The summed E-state index contributed by atoms with van der Waals surface area (Å²) in [5.41, 5.74) is 1.79. The van der Waals surface area contributed by atoms with Gasteiger partial charge >= 0.3 is 0 Å². The SMILES string of the molecule is COc1cc(C(=O)CCC(C)(O)c2cc(N3CCNCC3)cc(-c3ccc(F)cc3)n2)ccc1OCCO. The van der Waals surface area contributed by atoms with Gasteiger partial charge in [0.25, 0.3) is 0 Å². The van der Waals surface area contributed by atoms with Crippen molar-refractivity contribution in [3.63, 3.8) is 0 Å². The van der Waals surface area contributed by atoms with Gasteiger partial charge in [-0.05, 0) is 67.9 Å². The highest BCUT2D eigenvalue weighted by Gasteiger charge is 2.28. The molecular weight excluding hydrogens is 489 g/mol. The standard InChI is InChI=1S/C29H34FN3O5/c1-29(36,10-9-25(35)21-5-8-26(38-16-15-34)27(17-21)37-2)28-19-23(33-13-11-31-12-14-33)18-24(32-28)20-3-6-22(30)7-4-20/h3-8,17-19,31,34,36H,9-16H2,1-2H3. The molecule has 3 aromatic rings. The molecule has 0 radical (unpaired) electrons. The number of nitrogens with zero attached hydrogens (tertiary/aromatic N) is 2. The molecule has 4 rings (SSSR count). The zero-order chi connectivity index (χ0) is 27.1. The predicted molar refractivity (Wildman–Crippen MR) is 143 cm³/mol. The Morgan fingerprint density at radius 2 is 1.84 bits per heavy atom. The fourth-order valence-corrected chi connectivity index (χ4v) is 4.41. The van der Waals surface area contributed by atoms with Gasteiger partial charge in [-0.15, -0.1) is 0 Å². The summed E-state index contributed by atoms with van der Waals surface area (Å²) in [5, 5.41) is 23.8. The van der Waals surface area contributed by atoms with E-state index >= 15 is 0 Å². The highest BCUT2D eigenvalue weighted by Crippen LogP contribution is 2.33. The van der Waals surface area contributed by atoms with E-state index in [-0.39, 0.29) is 37.7 Å². The first-order chi connectivity index (χ1) is 18.3. The van der Waals surface area contributed by atoms with E-state index in [1.54, 1.807) is 37.3 Å². The van der Waals surface area contributed by atoms with Crippen LogP contribution in [0, 0.1) is 5.82 Å². The summed E-state index contributed by atoms with van der Waals surface area (Å²) >= 11 is 0. The molecule has 1 aliphatic heterocycles. The number of carbonyl (C=O) groups excluding carboxylic acids is 1. The topological polar surface area (TPSA) is 104 Å². The second kappa shape index (κ2) is 12.3. The first-order valence-electron chi connectivity index (χ1n) is 12.7. The second-order valence-corrected chi connectivity index (χ2v) is 9.47. The summed E-state index contributed by atoms with van der Waals surface area (Å²) in [6, 6.07) is 14.8. The molecule has 38 heavy (non-hydrogen) atoms. The van der Waals surface area contributed by atoms with Gasteiger partial charge in [0.1, 0.15) is 18.0 Å². The van der Waals surface area contributed by atoms with E-state index in [9.17, 15) is 14.3 Å². The molecule has 1 fully saturated rings. The first kappa shape index (κ1) is 27.5. The number of Topliss-reactive ketones (excluding diaryl/α,β-unsaturated/α-hetero) is 1. The Morgan fingerprint density at radius 1 is 1.11 bits per heavy atom. The molecular formula is C29H34FN3O5. The van der Waals surface area contributed by atoms with Crippen molar-refractivity contribution in [1.82, 2.24) is 10.3 Å². The Kier molecular flexibility index (Phi) is 8.93. The Bertz CT molecular complexity index is 1240. The lowest BCUT2D eigenvalue weighted by Gasteiger charge is -2.31. The van der Waals surface area contributed by atoms with Gasteiger partial charge in [0.05, 0.1) is 25.1 Å². The van der Waals surface area contributed by atoms with Crippen LogP contribution in [0.15, 0.2) is 54.6 Å². The summed E-state index contributed by atoms with van der Waals surface area (Å²) in [6.45, 7) is 4.96. The van der Waals surface area contributed by atoms with Crippen LogP contribution in [-0.4, -0.2) is 67.5 Å². The van der Waals surface area contributed by atoms with Crippen LogP contribution in [0.4, 0.5) is 10.1 Å². The van der Waals surface area contributed by atoms with E-state index < -0.39 is 5.60 Å². The molecule has 1 atom stereocenters. The van der Waals surface area contributed by atoms with Crippen molar-refractivity contribution in [2.45, 2.75) is 25.4 Å². The lowest BCUT2D eigenvalue weighted by molar-refractivity contribution is 0.0398. The van der Waals surface area contributed by atoms with E-state index in [0.29, 0.717) is 28.5 Å². The van der Waals surface area contributed by atoms with Crippen LogP contribution in [-0.2, 0) is 5.60 Å². The molecule has 1 unspecified atom stereocenters. The molecule has 3 N–H and O–H groups in total. The molecule has 0 aliphatic carbocycles. The number of carbonyl (C=O) groups is 1.